The maximum absolute atomic E-state index is 13.1. The number of nitrogens with zero attached hydrogens (tertiary/aromatic N) is 1. The lowest BCUT2D eigenvalue weighted by atomic mass is 9.97. The molecule has 3 amide bonds. The van der Waals surface area contributed by atoms with Crippen LogP contribution >= 0.6 is 0 Å². The highest BCUT2D eigenvalue weighted by Gasteiger charge is 2.40. The van der Waals surface area contributed by atoms with Crippen LogP contribution in [-0.4, -0.2) is 42.9 Å². The second-order valence-corrected chi connectivity index (χ2v) is 7.14. The first-order valence-electron chi connectivity index (χ1n) is 9.59. The Hall–Kier alpha value is -3.26. The van der Waals surface area contributed by atoms with Crippen LogP contribution < -0.4 is 16.0 Å². The molecule has 29 heavy (non-hydrogen) atoms. The van der Waals surface area contributed by atoms with Gasteiger partial charge < -0.3 is 10.5 Å². The third-order valence-electron chi connectivity index (χ3n) is 5.36. The Bertz CT molecular complexity index is 1030. The topological polar surface area (TPSA) is 119 Å². The van der Waals surface area contributed by atoms with Gasteiger partial charge in [-0.2, -0.15) is 0 Å². The van der Waals surface area contributed by atoms with Crippen molar-refractivity contribution < 1.29 is 23.9 Å². The molecule has 0 radical (unpaired) electrons. The summed E-state index contributed by atoms with van der Waals surface area (Å²) >= 11 is 0. The van der Waals surface area contributed by atoms with Crippen molar-refractivity contribution in [1.82, 2.24) is 5.32 Å². The molecule has 0 aromatic heterocycles. The fraction of sp³-hybridized carbons (Fsp3) is 0.333. The molecule has 2 aromatic carbocycles. The minimum Gasteiger partial charge on any atom is -0.465 e. The molecule has 0 spiro atoms. The molecule has 1 fully saturated rings. The van der Waals surface area contributed by atoms with E-state index in [-0.39, 0.29) is 31.4 Å². The van der Waals surface area contributed by atoms with Crippen molar-refractivity contribution in [3.05, 3.63) is 41.5 Å². The fourth-order valence-corrected chi connectivity index (χ4v) is 4.03. The summed E-state index contributed by atoms with van der Waals surface area (Å²) in [5, 5.41) is 4.08. The van der Waals surface area contributed by atoms with Crippen LogP contribution in [0.4, 0.5) is 5.69 Å². The lowest BCUT2D eigenvalue weighted by Crippen LogP contribution is -2.53. The van der Waals surface area contributed by atoms with E-state index in [0.29, 0.717) is 30.5 Å². The highest BCUT2D eigenvalue weighted by molar-refractivity contribution is 6.27. The van der Waals surface area contributed by atoms with E-state index >= 15 is 0 Å². The van der Waals surface area contributed by atoms with E-state index in [1.807, 2.05) is 24.3 Å². The van der Waals surface area contributed by atoms with Crippen molar-refractivity contribution in [2.75, 3.05) is 18.1 Å². The lowest BCUT2D eigenvalue weighted by molar-refractivity contribution is -0.142. The Morgan fingerprint density at radius 3 is 2.79 bits per heavy atom. The van der Waals surface area contributed by atoms with Crippen LogP contribution in [0.3, 0.4) is 0 Å². The summed E-state index contributed by atoms with van der Waals surface area (Å²) in [6.07, 6.45) is 1.82. The van der Waals surface area contributed by atoms with Gasteiger partial charge in [-0.1, -0.05) is 18.2 Å². The Morgan fingerprint density at radius 1 is 1.21 bits per heavy atom. The molecule has 1 saturated heterocycles. The zero-order valence-corrected chi connectivity index (χ0v) is 15.8. The van der Waals surface area contributed by atoms with Gasteiger partial charge in [0.25, 0.3) is 5.91 Å². The van der Waals surface area contributed by atoms with Crippen molar-refractivity contribution in [3.63, 3.8) is 0 Å². The summed E-state index contributed by atoms with van der Waals surface area (Å²) in [4.78, 5) is 49.6. The molecule has 2 aromatic rings. The number of benzene rings is 2. The lowest BCUT2D eigenvalue weighted by Gasteiger charge is -2.30. The first-order valence-corrected chi connectivity index (χ1v) is 9.59. The van der Waals surface area contributed by atoms with Crippen LogP contribution in [0.25, 0.3) is 10.8 Å². The molecule has 1 unspecified atom stereocenters. The number of aryl methyl sites for hydroxylation is 1. The van der Waals surface area contributed by atoms with E-state index in [4.69, 9.17) is 10.5 Å². The molecular formula is C21H21N3O5. The van der Waals surface area contributed by atoms with Crippen molar-refractivity contribution in [1.29, 1.82) is 0 Å². The van der Waals surface area contributed by atoms with Crippen molar-refractivity contribution in [3.8, 4) is 0 Å². The molecule has 2 aliphatic rings. The van der Waals surface area contributed by atoms with E-state index < -0.39 is 17.9 Å². The van der Waals surface area contributed by atoms with Gasteiger partial charge in [-0.25, -0.2) is 0 Å². The van der Waals surface area contributed by atoms with E-state index in [1.54, 1.807) is 6.07 Å². The SMILES string of the molecule is NCC(=O)OCCCc1ccc2c3c(cccc13)C(=O)N2C1CCC(=O)NC1=O. The Morgan fingerprint density at radius 2 is 2.03 bits per heavy atom. The molecule has 2 aliphatic heterocycles. The quantitative estimate of drug-likeness (QED) is 0.429. The molecular weight excluding hydrogens is 374 g/mol. The highest BCUT2D eigenvalue weighted by Crippen LogP contribution is 2.41. The van der Waals surface area contributed by atoms with Crippen molar-refractivity contribution in [2.24, 2.45) is 5.73 Å². The van der Waals surface area contributed by atoms with Crippen LogP contribution in [0.15, 0.2) is 30.3 Å². The van der Waals surface area contributed by atoms with Crippen LogP contribution in [0.2, 0.25) is 0 Å². The molecule has 3 N–H and O–H groups in total. The molecule has 0 aliphatic carbocycles. The predicted molar refractivity (Wildman–Crippen MR) is 105 cm³/mol. The van der Waals surface area contributed by atoms with Gasteiger partial charge in [-0.3, -0.25) is 29.4 Å². The third-order valence-corrected chi connectivity index (χ3v) is 5.36. The number of amides is 3. The van der Waals surface area contributed by atoms with E-state index in [0.717, 1.165) is 16.3 Å². The number of nitrogens with two attached hydrogens (primary N) is 1. The number of anilines is 1. The van der Waals surface area contributed by atoms with Gasteiger partial charge in [0.2, 0.25) is 11.8 Å². The monoisotopic (exact) mass is 395 g/mol. The Kier molecular flexibility index (Phi) is 5.02. The summed E-state index contributed by atoms with van der Waals surface area (Å²) in [6.45, 7) is 0.138. The van der Waals surface area contributed by atoms with Gasteiger partial charge in [-0.05, 0) is 42.3 Å². The number of piperidine rings is 1. The first-order chi connectivity index (χ1) is 14.0. The summed E-state index contributed by atoms with van der Waals surface area (Å²) < 4.78 is 5.02. The molecule has 4 rings (SSSR count). The molecule has 8 heteroatoms. The Balaban J connectivity index is 1.63. The number of carbonyl (C=O) groups is 4. The number of hydrogen-bond acceptors (Lipinski definition) is 6. The standard InChI is InChI=1S/C21H21N3O5/c22-11-18(26)29-10-2-3-12-6-7-15-19-13(12)4-1-5-14(19)21(28)24(15)16-8-9-17(25)23-20(16)27/h1,4-7,16H,2-3,8-11,22H2,(H,23,25,27). The minimum atomic E-state index is -0.697. The van der Waals surface area contributed by atoms with E-state index in [2.05, 4.69) is 5.32 Å². The van der Waals surface area contributed by atoms with Crippen molar-refractivity contribution >= 4 is 40.2 Å². The van der Waals surface area contributed by atoms with Gasteiger partial charge >= 0.3 is 5.97 Å². The number of ether oxygens (including phenoxy) is 1. The molecule has 0 bridgehead atoms. The van der Waals surface area contributed by atoms with Crippen LogP contribution in [0, 0.1) is 0 Å². The maximum atomic E-state index is 13.1. The van der Waals surface area contributed by atoms with E-state index in [1.165, 1.54) is 4.90 Å². The summed E-state index contributed by atoms with van der Waals surface area (Å²) in [7, 11) is 0. The van der Waals surface area contributed by atoms with Crippen LogP contribution in [0.5, 0.6) is 0 Å². The third kappa shape index (κ3) is 3.36. The molecule has 150 valence electrons. The zero-order chi connectivity index (χ0) is 20.5. The number of nitrogens with one attached hydrogen (secondary N) is 1. The second kappa shape index (κ2) is 7.63. The van der Waals surface area contributed by atoms with Crippen molar-refractivity contribution in [2.45, 2.75) is 31.7 Å². The van der Waals surface area contributed by atoms with Gasteiger partial charge in [0.1, 0.15) is 6.04 Å². The number of esters is 1. The number of imide groups is 1. The van der Waals surface area contributed by atoms with Crippen LogP contribution in [-0.2, 0) is 25.5 Å². The zero-order valence-electron chi connectivity index (χ0n) is 15.8. The molecule has 8 nitrogen and oxygen atoms in total. The Labute approximate surface area is 167 Å². The number of rotatable bonds is 6. The van der Waals surface area contributed by atoms with Gasteiger partial charge in [0.15, 0.2) is 0 Å². The maximum Gasteiger partial charge on any atom is 0.319 e. The molecule has 1 atom stereocenters. The van der Waals surface area contributed by atoms with Crippen LogP contribution in [0.1, 0.15) is 35.2 Å². The predicted octanol–water partition coefficient (Wildman–Crippen LogP) is 1.04. The first kappa shape index (κ1) is 19.1. The molecule has 2 heterocycles. The van der Waals surface area contributed by atoms with Gasteiger partial charge in [0.05, 0.1) is 18.8 Å². The second-order valence-electron chi connectivity index (χ2n) is 7.14. The fourth-order valence-electron chi connectivity index (χ4n) is 4.03. The largest absolute Gasteiger partial charge is 0.465 e. The van der Waals surface area contributed by atoms with Gasteiger partial charge in [0, 0.05) is 17.4 Å². The summed E-state index contributed by atoms with van der Waals surface area (Å²) in [5.41, 5.74) is 7.50. The smallest absolute Gasteiger partial charge is 0.319 e. The summed E-state index contributed by atoms with van der Waals surface area (Å²) in [5.74, 6) is -1.42. The average molecular weight is 395 g/mol. The minimum absolute atomic E-state index is 0.140. The highest BCUT2D eigenvalue weighted by atomic mass is 16.5. The average Bonchev–Trinajstić information content (AvgIpc) is 3.00. The summed E-state index contributed by atoms with van der Waals surface area (Å²) in [6, 6.07) is 8.62. The van der Waals surface area contributed by atoms with Gasteiger partial charge in [-0.15, -0.1) is 0 Å². The van der Waals surface area contributed by atoms with E-state index in [9.17, 15) is 19.2 Å². The molecule has 0 saturated carbocycles. The number of carbonyl (C=O) groups excluding carboxylic acids is 4. The number of hydrogen-bond donors (Lipinski definition) is 2. The normalized spacial score (nSPS) is 18.3.